The Kier molecular flexibility index (Phi) is 5.10. The first-order valence-corrected chi connectivity index (χ1v) is 7.77. The van der Waals surface area contributed by atoms with Crippen molar-refractivity contribution >= 4 is 23.5 Å². The van der Waals surface area contributed by atoms with Gasteiger partial charge in [-0.25, -0.2) is 4.79 Å². The van der Waals surface area contributed by atoms with Crippen LogP contribution in [0.2, 0.25) is 0 Å². The maximum Gasteiger partial charge on any atom is 0.322 e. The van der Waals surface area contributed by atoms with Crippen molar-refractivity contribution in [2.24, 2.45) is 0 Å². The number of thioether (sulfide) groups is 1. The van der Waals surface area contributed by atoms with Crippen molar-refractivity contribution < 1.29 is 9.53 Å². The molecule has 4 nitrogen and oxygen atoms in total. The molecule has 5 heteroatoms. The molecule has 2 amide bonds. The van der Waals surface area contributed by atoms with Gasteiger partial charge in [-0.1, -0.05) is 6.92 Å². The number of hydrogen-bond acceptors (Lipinski definition) is 3. The molecule has 1 aromatic carbocycles. The highest BCUT2D eigenvalue weighted by Crippen LogP contribution is 2.18. The molecular weight excluding hydrogens is 260 g/mol. The summed E-state index contributed by atoms with van der Waals surface area (Å²) in [6, 6.07) is 7.84. The van der Waals surface area contributed by atoms with Crippen molar-refractivity contribution in [2.45, 2.75) is 24.3 Å². The Hall–Kier alpha value is -1.20. The molecule has 0 unspecified atom stereocenters. The molecule has 2 rings (SSSR count). The zero-order valence-corrected chi connectivity index (χ0v) is 12.2. The Balaban J connectivity index is 1.92. The molecule has 0 aromatic heterocycles. The fraction of sp³-hybridized carbons (Fsp3) is 0.500. The summed E-state index contributed by atoms with van der Waals surface area (Å²) in [6.45, 7) is 4.03. The second kappa shape index (κ2) is 6.82. The first-order valence-electron chi connectivity index (χ1n) is 6.54. The van der Waals surface area contributed by atoms with Gasteiger partial charge in [0.15, 0.2) is 0 Å². The van der Waals surface area contributed by atoms with Gasteiger partial charge in [-0.05, 0) is 36.9 Å². The number of amides is 2. The van der Waals surface area contributed by atoms with Crippen molar-refractivity contribution in [3.63, 3.8) is 0 Å². The number of benzene rings is 1. The third-order valence-electron chi connectivity index (χ3n) is 3.22. The normalized spacial score (nSPS) is 19.3. The fourth-order valence-corrected chi connectivity index (χ4v) is 2.44. The predicted molar refractivity (Wildman–Crippen MR) is 78.8 cm³/mol. The third kappa shape index (κ3) is 3.88. The second-order valence-corrected chi connectivity index (χ2v) is 5.39. The molecule has 1 aliphatic rings. The molecule has 0 spiro atoms. The van der Waals surface area contributed by atoms with E-state index >= 15 is 0 Å². The Bertz CT molecular complexity index is 422. The smallest absolute Gasteiger partial charge is 0.322 e. The summed E-state index contributed by atoms with van der Waals surface area (Å²) in [5, 5.41) is 2.93. The summed E-state index contributed by atoms with van der Waals surface area (Å²) in [7, 11) is 0. The number of carbonyl (C=O) groups is 1. The van der Waals surface area contributed by atoms with Crippen LogP contribution in [0.5, 0.6) is 0 Å². The Morgan fingerprint density at radius 1 is 1.47 bits per heavy atom. The highest BCUT2D eigenvalue weighted by Gasteiger charge is 2.22. The predicted octanol–water partition coefficient (Wildman–Crippen LogP) is 3.05. The number of rotatable bonds is 3. The van der Waals surface area contributed by atoms with Gasteiger partial charge in [-0.2, -0.15) is 0 Å². The first-order chi connectivity index (χ1) is 9.22. The summed E-state index contributed by atoms with van der Waals surface area (Å²) in [5.74, 6) is 0. The van der Waals surface area contributed by atoms with Crippen molar-refractivity contribution in [1.29, 1.82) is 0 Å². The first kappa shape index (κ1) is 14.2. The summed E-state index contributed by atoms with van der Waals surface area (Å²) in [5.41, 5.74) is 0.836. The zero-order valence-electron chi connectivity index (χ0n) is 11.4. The van der Waals surface area contributed by atoms with Gasteiger partial charge in [-0.15, -0.1) is 11.8 Å². The molecule has 0 saturated carbocycles. The SMILES string of the molecule is CC[C@@H]1CN(C(=O)Nc2ccc(SC)cc2)CCO1. The highest BCUT2D eigenvalue weighted by atomic mass is 32.2. The number of anilines is 1. The summed E-state index contributed by atoms with van der Waals surface area (Å²) < 4.78 is 5.56. The number of nitrogens with zero attached hydrogens (tertiary/aromatic N) is 1. The second-order valence-electron chi connectivity index (χ2n) is 4.51. The van der Waals surface area contributed by atoms with Crippen LogP contribution in [0.25, 0.3) is 0 Å². The lowest BCUT2D eigenvalue weighted by atomic mass is 10.2. The number of hydrogen-bond donors (Lipinski definition) is 1. The van der Waals surface area contributed by atoms with Crippen LogP contribution in [-0.2, 0) is 4.74 Å². The average molecular weight is 280 g/mol. The van der Waals surface area contributed by atoms with E-state index < -0.39 is 0 Å². The molecule has 0 aliphatic carbocycles. The van der Waals surface area contributed by atoms with Crippen LogP contribution in [0, 0.1) is 0 Å². The molecule has 0 bridgehead atoms. The standard InChI is InChI=1S/C14H20N2O2S/c1-3-12-10-16(8-9-18-12)14(17)15-11-4-6-13(19-2)7-5-11/h4-7,12H,3,8-10H2,1-2H3,(H,15,17)/t12-/m1/s1. The van der Waals surface area contributed by atoms with Crippen molar-refractivity contribution in [3.05, 3.63) is 24.3 Å². The lowest BCUT2D eigenvalue weighted by molar-refractivity contribution is -0.0134. The molecule has 0 radical (unpaired) electrons. The van der Waals surface area contributed by atoms with E-state index in [1.165, 1.54) is 4.90 Å². The summed E-state index contributed by atoms with van der Waals surface area (Å²) in [4.78, 5) is 15.1. The fourth-order valence-electron chi connectivity index (χ4n) is 2.03. The van der Waals surface area contributed by atoms with Crippen LogP contribution in [0.4, 0.5) is 10.5 Å². The minimum absolute atomic E-state index is 0.0429. The quantitative estimate of drug-likeness (QED) is 0.865. The van der Waals surface area contributed by atoms with Crippen LogP contribution in [0.15, 0.2) is 29.2 Å². The monoisotopic (exact) mass is 280 g/mol. The van der Waals surface area contributed by atoms with Gasteiger partial charge in [0.2, 0.25) is 0 Å². The van der Waals surface area contributed by atoms with Gasteiger partial charge in [-0.3, -0.25) is 0 Å². The largest absolute Gasteiger partial charge is 0.375 e. The Morgan fingerprint density at radius 3 is 2.84 bits per heavy atom. The van der Waals surface area contributed by atoms with Crippen molar-refractivity contribution in [3.8, 4) is 0 Å². The third-order valence-corrected chi connectivity index (χ3v) is 3.97. The van der Waals surface area contributed by atoms with E-state index in [1.807, 2.05) is 35.4 Å². The topological polar surface area (TPSA) is 41.6 Å². The maximum atomic E-state index is 12.1. The lowest BCUT2D eigenvalue weighted by Gasteiger charge is -2.32. The summed E-state index contributed by atoms with van der Waals surface area (Å²) >= 11 is 1.69. The van der Waals surface area contributed by atoms with Crippen LogP contribution >= 0.6 is 11.8 Å². The van der Waals surface area contributed by atoms with Crippen LogP contribution in [0.3, 0.4) is 0 Å². The number of ether oxygens (including phenoxy) is 1. The Labute approximate surface area is 118 Å². The molecule has 1 saturated heterocycles. The van der Waals surface area contributed by atoms with E-state index in [9.17, 15) is 4.79 Å². The molecular formula is C14H20N2O2S. The minimum atomic E-state index is -0.0429. The number of morpholine rings is 1. The highest BCUT2D eigenvalue weighted by molar-refractivity contribution is 7.98. The molecule has 1 fully saturated rings. The van der Waals surface area contributed by atoms with Gasteiger partial charge in [0.1, 0.15) is 0 Å². The zero-order chi connectivity index (χ0) is 13.7. The molecule has 1 aliphatic heterocycles. The van der Waals surface area contributed by atoms with E-state index in [1.54, 1.807) is 11.8 Å². The van der Waals surface area contributed by atoms with Gasteiger partial charge in [0.25, 0.3) is 0 Å². The van der Waals surface area contributed by atoms with E-state index in [0.29, 0.717) is 19.7 Å². The van der Waals surface area contributed by atoms with Gasteiger partial charge in [0, 0.05) is 23.7 Å². The summed E-state index contributed by atoms with van der Waals surface area (Å²) in [6.07, 6.45) is 3.14. The molecule has 1 N–H and O–H groups in total. The van der Waals surface area contributed by atoms with Crippen LogP contribution in [0.1, 0.15) is 13.3 Å². The van der Waals surface area contributed by atoms with Gasteiger partial charge in [0.05, 0.1) is 12.7 Å². The van der Waals surface area contributed by atoms with Crippen molar-refractivity contribution in [1.82, 2.24) is 4.90 Å². The number of nitrogens with one attached hydrogen (secondary N) is 1. The molecule has 104 valence electrons. The Morgan fingerprint density at radius 2 is 2.21 bits per heavy atom. The van der Waals surface area contributed by atoms with Crippen LogP contribution < -0.4 is 5.32 Å². The molecule has 19 heavy (non-hydrogen) atoms. The van der Waals surface area contributed by atoms with E-state index in [0.717, 1.165) is 12.1 Å². The minimum Gasteiger partial charge on any atom is -0.375 e. The van der Waals surface area contributed by atoms with E-state index in [4.69, 9.17) is 4.74 Å². The van der Waals surface area contributed by atoms with Crippen LogP contribution in [-0.4, -0.2) is 43.0 Å². The van der Waals surface area contributed by atoms with Gasteiger partial charge < -0.3 is 15.0 Å². The van der Waals surface area contributed by atoms with E-state index in [2.05, 4.69) is 12.2 Å². The molecule has 1 heterocycles. The maximum absolute atomic E-state index is 12.1. The lowest BCUT2D eigenvalue weighted by Crippen LogP contribution is -2.47. The molecule has 1 atom stereocenters. The number of urea groups is 1. The number of carbonyl (C=O) groups excluding carboxylic acids is 1. The average Bonchev–Trinajstić information content (AvgIpc) is 2.48. The van der Waals surface area contributed by atoms with E-state index in [-0.39, 0.29) is 12.1 Å². The van der Waals surface area contributed by atoms with Gasteiger partial charge >= 0.3 is 6.03 Å². The van der Waals surface area contributed by atoms with Crippen molar-refractivity contribution in [2.75, 3.05) is 31.3 Å². The molecule has 1 aromatic rings.